The molecular formula is C18H14Cl2N4O3. The quantitative estimate of drug-likeness (QED) is 0.702. The number of halogens is 2. The first-order valence-corrected chi connectivity index (χ1v) is 8.91. The van der Waals surface area contributed by atoms with Crippen LogP contribution < -0.4 is 5.56 Å². The summed E-state index contributed by atoms with van der Waals surface area (Å²) in [7, 11) is 0. The van der Waals surface area contributed by atoms with Gasteiger partial charge in [-0.15, -0.1) is 0 Å². The Morgan fingerprint density at radius 3 is 2.85 bits per heavy atom. The van der Waals surface area contributed by atoms with Crippen LogP contribution >= 0.6 is 23.2 Å². The van der Waals surface area contributed by atoms with Gasteiger partial charge in [0.2, 0.25) is 11.6 Å². The first-order chi connectivity index (χ1) is 12.9. The number of hydrogen-bond acceptors (Lipinski definition) is 5. The number of furan rings is 1. The summed E-state index contributed by atoms with van der Waals surface area (Å²) in [6.45, 7) is 3.16. The van der Waals surface area contributed by atoms with Gasteiger partial charge in [0.1, 0.15) is 11.1 Å². The van der Waals surface area contributed by atoms with Crippen LogP contribution in [0.3, 0.4) is 0 Å². The minimum Gasteiger partial charge on any atom is -0.442 e. The predicted octanol–water partition coefficient (Wildman–Crippen LogP) is 3.83. The highest BCUT2D eigenvalue weighted by atomic mass is 35.5. The summed E-state index contributed by atoms with van der Waals surface area (Å²) in [5, 5.41) is 7.11. The molecule has 1 atom stereocenters. The number of aromatic nitrogens is 2. The van der Waals surface area contributed by atoms with Crippen molar-refractivity contribution >= 4 is 45.9 Å². The van der Waals surface area contributed by atoms with E-state index in [2.05, 4.69) is 15.1 Å². The summed E-state index contributed by atoms with van der Waals surface area (Å²) in [6, 6.07) is 4.72. The number of benzene rings is 1. The third-order valence-corrected chi connectivity index (χ3v) is 5.08. The van der Waals surface area contributed by atoms with Crippen molar-refractivity contribution in [3.05, 3.63) is 61.8 Å². The summed E-state index contributed by atoms with van der Waals surface area (Å²) >= 11 is 12.3. The number of rotatable bonds is 2. The molecule has 1 amide bonds. The highest BCUT2D eigenvalue weighted by molar-refractivity contribution is 6.35. The van der Waals surface area contributed by atoms with Gasteiger partial charge in [0, 0.05) is 23.4 Å². The molecule has 0 aliphatic carbocycles. The molecule has 0 radical (unpaired) electrons. The summed E-state index contributed by atoms with van der Waals surface area (Å²) in [5.41, 5.74) is 1.76. The standard InChI is InChI=1S/C18H14Cl2N4O3/c1-8-15(16-17(26)21-7-22-18(16)27-8)13-6-14(24(23-13)9(2)25)11-4-3-10(19)5-12(11)20/h3-5,7,14H,6H2,1-2H3,(H,21,22,26). The second-order valence-electron chi connectivity index (χ2n) is 6.24. The number of nitrogens with one attached hydrogen (secondary N) is 1. The maximum Gasteiger partial charge on any atom is 0.262 e. The van der Waals surface area contributed by atoms with Crippen molar-refractivity contribution in [3.8, 4) is 0 Å². The molecule has 1 aromatic carbocycles. The van der Waals surface area contributed by atoms with Gasteiger partial charge >= 0.3 is 0 Å². The van der Waals surface area contributed by atoms with Gasteiger partial charge in [-0.05, 0) is 24.6 Å². The van der Waals surface area contributed by atoms with E-state index in [1.807, 2.05) is 0 Å². The summed E-state index contributed by atoms with van der Waals surface area (Å²) in [6.07, 6.45) is 1.66. The Hall–Kier alpha value is -2.64. The maximum absolute atomic E-state index is 12.3. The number of aryl methyl sites for hydroxylation is 1. The number of carbonyl (C=O) groups is 1. The van der Waals surface area contributed by atoms with Crippen LogP contribution in [0.25, 0.3) is 11.1 Å². The average Bonchev–Trinajstić information content (AvgIpc) is 3.16. The van der Waals surface area contributed by atoms with E-state index in [1.54, 1.807) is 25.1 Å². The number of nitrogens with zero attached hydrogens (tertiary/aromatic N) is 3. The van der Waals surface area contributed by atoms with Gasteiger partial charge in [0.05, 0.1) is 23.6 Å². The SMILES string of the molecule is CC(=O)N1N=C(c2c(C)oc3nc[nH]c(=O)c23)CC1c1ccc(Cl)cc1Cl. The largest absolute Gasteiger partial charge is 0.442 e. The summed E-state index contributed by atoms with van der Waals surface area (Å²) < 4.78 is 5.61. The first-order valence-electron chi connectivity index (χ1n) is 8.16. The molecular weight excluding hydrogens is 391 g/mol. The molecule has 0 saturated carbocycles. The number of hydrogen-bond donors (Lipinski definition) is 1. The third-order valence-electron chi connectivity index (χ3n) is 4.51. The molecule has 2 aromatic heterocycles. The Bertz CT molecular complexity index is 1170. The fraction of sp³-hybridized carbons (Fsp3) is 0.222. The molecule has 3 aromatic rings. The Labute approximate surface area is 163 Å². The normalized spacial score (nSPS) is 16.8. The van der Waals surface area contributed by atoms with Gasteiger partial charge in [0.25, 0.3) is 5.56 Å². The molecule has 0 saturated heterocycles. The molecule has 9 heteroatoms. The number of aromatic amines is 1. The van der Waals surface area contributed by atoms with Crippen LogP contribution in [0.1, 0.15) is 36.3 Å². The fourth-order valence-corrected chi connectivity index (χ4v) is 3.90. The Morgan fingerprint density at radius 1 is 1.37 bits per heavy atom. The van der Waals surface area contributed by atoms with E-state index in [0.717, 1.165) is 5.56 Å². The van der Waals surface area contributed by atoms with Crippen LogP contribution in [0.4, 0.5) is 0 Å². The fourth-order valence-electron chi connectivity index (χ4n) is 3.37. The van der Waals surface area contributed by atoms with Gasteiger partial charge in [-0.3, -0.25) is 9.59 Å². The average molecular weight is 405 g/mol. The molecule has 7 nitrogen and oxygen atoms in total. The molecule has 138 valence electrons. The third kappa shape index (κ3) is 2.93. The van der Waals surface area contributed by atoms with Crippen LogP contribution in [-0.4, -0.2) is 26.6 Å². The van der Waals surface area contributed by atoms with Crippen LogP contribution in [0.15, 0.2) is 38.8 Å². The molecule has 0 bridgehead atoms. The van der Waals surface area contributed by atoms with E-state index in [0.29, 0.717) is 38.9 Å². The monoisotopic (exact) mass is 404 g/mol. The zero-order valence-corrected chi connectivity index (χ0v) is 15.9. The highest BCUT2D eigenvalue weighted by Gasteiger charge is 2.35. The zero-order chi connectivity index (χ0) is 19.3. The van der Waals surface area contributed by atoms with Gasteiger partial charge in [-0.1, -0.05) is 29.3 Å². The molecule has 0 fully saturated rings. The maximum atomic E-state index is 12.3. The Morgan fingerprint density at radius 2 is 2.15 bits per heavy atom. The molecule has 1 aliphatic rings. The van der Waals surface area contributed by atoms with Crippen molar-refractivity contribution in [2.24, 2.45) is 5.10 Å². The molecule has 4 rings (SSSR count). The second kappa shape index (κ2) is 6.51. The van der Waals surface area contributed by atoms with Crippen molar-refractivity contribution in [1.82, 2.24) is 15.0 Å². The van der Waals surface area contributed by atoms with E-state index in [9.17, 15) is 9.59 Å². The number of amides is 1. The Balaban J connectivity index is 1.85. The van der Waals surface area contributed by atoms with Crippen molar-refractivity contribution in [3.63, 3.8) is 0 Å². The number of fused-ring (bicyclic) bond motifs is 1. The van der Waals surface area contributed by atoms with E-state index in [-0.39, 0.29) is 17.2 Å². The van der Waals surface area contributed by atoms with Crippen molar-refractivity contribution in [2.75, 3.05) is 0 Å². The highest BCUT2D eigenvalue weighted by Crippen LogP contribution is 2.38. The summed E-state index contributed by atoms with van der Waals surface area (Å²) in [5.74, 6) is 0.276. The lowest BCUT2D eigenvalue weighted by Gasteiger charge is -2.21. The van der Waals surface area contributed by atoms with E-state index < -0.39 is 6.04 Å². The molecule has 0 spiro atoms. The van der Waals surface area contributed by atoms with Crippen molar-refractivity contribution in [2.45, 2.75) is 26.3 Å². The lowest BCUT2D eigenvalue weighted by atomic mass is 9.97. The molecule has 27 heavy (non-hydrogen) atoms. The topological polar surface area (TPSA) is 91.6 Å². The van der Waals surface area contributed by atoms with E-state index in [4.69, 9.17) is 27.6 Å². The second-order valence-corrected chi connectivity index (χ2v) is 7.08. The van der Waals surface area contributed by atoms with Gasteiger partial charge in [0.15, 0.2) is 0 Å². The zero-order valence-electron chi connectivity index (χ0n) is 14.4. The molecule has 1 N–H and O–H groups in total. The predicted molar refractivity (Wildman–Crippen MR) is 102 cm³/mol. The van der Waals surface area contributed by atoms with E-state index in [1.165, 1.54) is 18.3 Å². The lowest BCUT2D eigenvalue weighted by molar-refractivity contribution is -0.130. The molecule has 3 heterocycles. The van der Waals surface area contributed by atoms with Crippen molar-refractivity contribution in [1.29, 1.82) is 0 Å². The van der Waals surface area contributed by atoms with Crippen LogP contribution in [0.2, 0.25) is 10.0 Å². The van der Waals surface area contributed by atoms with Crippen LogP contribution in [0, 0.1) is 6.92 Å². The number of hydrazone groups is 1. The molecule has 1 unspecified atom stereocenters. The minimum atomic E-state index is -0.401. The van der Waals surface area contributed by atoms with Crippen LogP contribution in [0.5, 0.6) is 0 Å². The van der Waals surface area contributed by atoms with Crippen molar-refractivity contribution < 1.29 is 9.21 Å². The molecule has 1 aliphatic heterocycles. The van der Waals surface area contributed by atoms with Gasteiger partial charge in [-0.25, -0.2) is 9.99 Å². The van der Waals surface area contributed by atoms with E-state index >= 15 is 0 Å². The number of H-pyrrole nitrogens is 1. The van der Waals surface area contributed by atoms with Gasteiger partial charge < -0.3 is 9.40 Å². The lowest BCUT2D eigenvalue weighted by Crippen LogP contribution is -2.24. The minimum absolute atomic E-state index is 0.233. The smallest absolute Gasteiger partial charge is 0.262 e. The first kappa shape index (κ1) is 17.8. The van der Waals surface area contributed by atoms with Gasteiger partial charge in [-0.2, -0.15) is 5.10 Å². The number of carbonyl (C=O) groups excluding carboxylic acids is 1. The Kier molecular flexibility index (Phi) is 4.28. The van der Waals surface area contributed by atoms with Crippen LogP contribution in [-0.2, 0) is 4.79 Å². The summed E-state index contributed by atoms with van der Waals surface area (Å²) in [4.78, 5) is 31.1.